The van der Waals surface area contributed by atoms with Crippen molar-refractivity contribution in [3.63, 3.8) is 0 Å². The van der Waals surface area contributed by atoms with Gasteiger partial charge in [0, 0.05) is 23.6 Å². The summed E-state index contributed by atoms with van der Waals surface area (Å²) in [6.07, 6.45) is 4.75. The first-order chi connectivity index (χ1) is 14.7. The van der Waals surface area contributed by atoms with E-state index in [0.717, 1.165) is 44.2 Å². The second kappa shape index (κ2) is 10.4. The number of hydrogen-bond acceptors (Lipinski definition) is 5. The van der Waals surface area contributed by atoms with Crippen LogP contribution in [0.15, 0.2) is 41.8 Å². The van der Waals surface area contributed by atoms with Crippen molar-refractivity contribution in [1.82, 2.24) is 10.2 Å². The number of nitrogens with zero attached hydrogens (tertiary/aromatic N) is 1. The molecule has 2 saturated heterocycles. The Morgan fingerprint density at radius 1 is 1.27 bits per heavy atom. The maximum Gasteiger partial charge on any atom is 0.251 e. The van der Waals surface area contributed by atoms with Gasteiger partial charge in [-0.25, -0.2) is 0 Å². The van der Waals surface area contributed by atoms with Gasteiger partial charge in [0.2, 0.25) is 0 Å². The summed E-state index contributed by atoms with van der Waals surface area (Å²) in [4.78, 5) is 16.7. The predicted octanol–water partition coefficient (Wildman–Crippen LogP) is 4.51. The highest BCUT2D eigenvalue weighted by molar-refractivity contribution is 7.10. The van der Waals surface area contributed by atoms with E-state index in [1.807, 2.05) is 24.3 Å². The molecule has 3 heterocycles. The average molecular weight is 429 g/mol. The summed E-state index contributed by atoms with van der Waals surface area (Å²) < 4.78 is 11.5. The molecule has 30 heavy (non-hydrogen) atoms. The zero-order chi connectivity index (χ0) is 20.8. The van der Waals surface area contributed by atoms with Crippen molar-refractivity contribution in [3.8, 4) is 5.75 Å². The summed E-state index contributed by atoms with van der Waals surface area (Å²) in [6, 6.07) is 12.0. The van der Waals surface area contributed by atoms with E-state index in [2.05, 4.69) is 34.7 Å². The molecule has 0 saturated carbocycles. The van der Waals surface area contributed by atoms with Gasteiger partial charge in [0.05, 0.1) is 12.1 Å². The molecule has 2 aliphatic rings. The van der Waals surface area contributed by atoms with Crippen molar-refractivity contribution in [1.29, 1.82) is 0 Å². The highest BCUT2D eigenvalue weighted by Gasteiger charge is 2.26. The third-order valence-electron chi connectivity index (χ3n) is 6.14. The summed E-state index contributed by atoms with van der Waals surface area (Å²) in [5.41, 5.74) is 0.636. The average Bonchev–Trinajstić information content (AvgIpc) is 3.48. The van der Waals surface area contributed by atoms with Crippen LogP contribution in [0.5, 0.6) is 5.75 Å². The van der Waals surface area contributed by atoms with Gasteiger partial charge in [-0.2, -0.15) is 0 Å². The molecule has 6 heteroatoms. The lowest BCUT2D eigenvalue weighted by Crippen LogP contribution is -2.41. The molecule has 1 amide bonds. The Balaban J connectivity index is 1.35. The number of benzene rings is 1. The van der Waals surface area contributed by atoms with Gasteiger partial charge in [-0.05, 0) is 74.3 Å². The number of amides is 1. The number of hydrogen-bond donors (Lipinski definition) is 1. The Labute approximate surface area is 183 Å². The minimum absolute atomic E-state index is 0.0514. The summed E-state index contributed by atoms with van der Waals surface area (Å²) >= 11 is 1.77. The molecule has 0 bridgehead atoms. The van der Waals surface area contributed by atoms with Gasteiger partial charge in [0.25, 0.3) is 5.91 Å². The Morgan fingerprint density at radius 3 is 2.87 bits per heavy atom. The van der Waals surface area contributed by atoms with Crippen molar-refractivity contribution in [3.05, 3.63) is 52.2 Å². The number of piperidine rings is 1. The van der Waals surface area contributed by atoms with E-state index < -0.39 is 0 Å². The lowest BCUT2D eigenvalue weighted by Gasteiger charge is -2.36. The first-order valence-electron chi connectivity index (χ1n) is 11.1. The Morgan fingerprint density at radius 2 is 2.13 bits per heavy atom. The normalized spacial score (nSPS) is 21.4. The van der Waals surface area contributed by atoms with Crippen LogP contribution in [0.1, 0.15) is 53.9 Å². The molecule has 2 atom stereocenters. The lowest BCUT2D eigenvalue weighted by molar-refractivity contribution is 0.0679. The van der Waals surface area contributed by atoms with Gasteiger partial charge < -0.3 is 14.8 Å². The highest BCUT2D eigenvalue weighted by atomic mass is 32.1. The predicted molar refractivity (Wildman–Crippen MR) is 120 cm³/mol. The van der Waals surface area contributed by atoms with E-state index in [9.17, 15) is 4.79 Å². The molecule has 1 aromatic heterocycles. The molecule has 2 unspecified atom stereocenters. The standard InChI is InChI=1S/C24H32N2O3S/c1-18-9-11-26(12-10-18)22(23-8-4-14-30-23)16-25-24(27)19-5-2-6-20(15-19)29-17-21-7-3-13-28-21/h2,4-6,8,14-15,18,21-22H,3,7,9-13,16-17H2,1H3,(H,25,27). The van der Waals surface area contributed by atoms with E-state index in [1.54, 1.807) is 11.3 Å². The van der Waals surface area contributed by atoms with Crippen molar-refractivity contribution >= 4 is 17.2 Å². The van der Waals surface area contributed by atoms with Crippen LogP contribution in [0.4, 0.5) is 0 Å². The van der Waals surface area contributed by atoms with Crippen LogP contribution >= 0.6 is 11.3 Å². The molecular formula is C24H32N2O3S. The molecule has 1 aromatic carbocycles. The van der Waals surface area contributed by atoms with Gasteiger partial charge in [-0.1, -0.05) is 19.1 Å². The third-order valence-corrected chi connectivity index (χ3v) is 7.12. The molecule has 2 aromatic rings. The number of ether oxygens (including phenoxy) is 2. The number of rotatable bonds is 8. The molecule has 5 nitrogen and oxygen atoms in total. The molecule has 0 spiro atoms. The van der Waals surface area contributed by atoms with E-state index in [-0.39, 0.29) is 18.1 Å². The van der Waals surface area contributed by atoms with E-state index in [1.165, 1.54) is 17.7 Å². The fourth-order valence-electron chi connectivity index (χ4n) is 4.21. The topological polar surface area (TPSA) is 50.8 Å². The van der Waals surface area contributed by atoms with Gasteiger partial charge in [-0.3, -0.25) is 9.69 Å². The molecule has 1 N–H and O–H groups in total. The molecule has 0 radical (unpaired) electrons. The minimum atomic E-state index is -0.0514. The fraction of sp³-hybridized carbons (Fsp3) is 0.542. The third kappa shape index (κ3) is 5.62. The maximum atomic E-state index is 12.9. The van der Waals surface area contributed by atoms with E-state index in [4.69, 9.17) is 9.47 Å². The fourth-order valence-corrected chi connectivity index (χ4v) is 5.08. The van der Waals surface area contributed by atoms with Crippen LogP contribution in [0, 0.1) is 5.92 Å². The van der Waals surface area contributed by atoms with Crippen molar-refractivity contribution in [2.45, 2.75) is 44.8 Å². The molecule has 162 valence electrons. The maximum absolute atomic E-state index is 12.9. The number of thiophene rings is 1. The monoisotopic (exact) mass is 428 g/mol. The van der Waals surface area contributed by atoms with Crippen LogP contribution in [-0.4, -0.2) is 49.8 Å². The first-order valence-corrected chi connectivity index (χ1v) is 12.0. The van der Waals surface area contributed by atoms with Gasteiger partial charge in [-0.15, -0.1) is 11.3 Å². The van der Waals surface area contributed by atoms with Crippen LogP contribution in [0.2, 0.25) is 0 Å². The van der Waals surface area contributed by atoms with Crippen molar-refractivity contribution < 1.29 is 14.3 Å². The van der Waals surface area contributed by atoms with Gasteiger partial charge >= 0.3 is 0 Å². The Bertz CT molecular complexity index is 797. The number of carbonyl (C=O) groups excluding carboxylic acids is 1. The smallest absolute Gasteiger partial charge is 0.251 e. The summed E-state index contributed by atoms with van der Waals surface area (Å²) in [5.74, 6) is 1.46. The van der Waals surface area contributed by atoms with Crippen LogP contribution in [0.25, 0.3) is 0 Å². The number of likely N-dealkylation sites (tertiary alicyclic amines) is 1. The zero-order valence-electron chi connectivity index (χ0n) is 17.7. The molecule has 2 aliphatic heterocycles. The summed E-state index contributed by atoms with van der Waals surface area (Å²) in [6.45, 7) is 6.48. The van der Waals surface area contributed by atoms with Gasteiger partial charge in [0.1, 0.15) is 12.4 Å². The van der Waals surface area contributed by atoms with Crippen molar-refractivity contribution in [2.24, 2.45) is 5.92 Å². The summed E-state index contributed by atoms with van der Waals surface area (Å²) in [5, 5.41) is 5.28. The molecule has 4 rings (SSSR count). The van der Waals surface area contributed by atoms with Gasteiger partial charge in [0.15, 0.2) is 0 Å². The largest absolute Gasteiger partial charge is 0.491 e. The van der Waals surface area contributed by atoms with Crippen LogP contribution in [0.3, 0.4) is 0 Å². The zero-order valence-corrected chi connectivity index (χ0v) is 18.5. The molecular weight excluding hydrogens is 396 g/mol. The Hall–Kier alpha value is -1.89. The number of carbonyl (C=O) groups is 1. The number of nitrogens with one attached hydrogen (secondary N) is 1. The lowest BCUT2D eigenvalue weighted by atomic mass is 9.97. The second-order valence-corrected chi connectivity index (χ2v) is 9.41. The summed E-state index contributed by atoms with van der Waals surface area (Å²) in [7, 11) is 0. The van der Waals surface area contributed by atoms with E-state index in [0.29, 0.717) is 18.7 Å². The van der Waals surface area contributed by atoms with Crippen molar-refractivity contribution in [2.75, 3.05) is 32.8 Å². The van der Waals surface area contributed by atoms with Crippen LogP contribution in [-0.2, 0) is 4.74 Å². The SMILES string of the molecule is CC1CCN(C(CNC(=O)c2cccc(OCC3CCCO3)c2)c2cccs2)CC1. The molecule has 2 fully saturated rings. The first kappa shape index (κ1) is 21.3. The Kier molecular flexibility index (Phi) is 7.42. The highest BCUT2D eigenvalue weighted by Crippen LogP contribution is 2.29. The second-order valence-electron chi connectivity index (χ2n) is 8.43. The van der Waals surface area contributed by atoms with E-state index >= 15 is 0 Å². The minimum Gasteiger partial charge on any atom is -0.491 e. The van der Waals surface area contributed by atoms with Crippen LogP contribution < -0.4 is 10.1 Å². The molecule has 0 aliphatic carbocycles. The quantitative estimate of drug-likeness (QED) is 0.672.